The maximum Gasteiger partial charge on any atom is 0.320 e. The molecule has 0 spiro atoms. The number of amides is 1. The van der Waals surface area contributed by atoms with Crippen LogP contribution in [0.5, 0.6) is 0 Å². The number of nitrogens with one attached hydrogen (secondary N) is 1. The highest BCUT2D eigenvalue weighted by molar-refractivity contribution is 14.1. The standard InChI is InChI=1S/C10H11IN2O3/c1-16-10(15)8(11)6-13-9(14)7-2-4-12-5-3-7/h2-5,8H,6H2,1H3,(H,13,14). The maximum absolute atomic E-state index is 11.6. The van der Waals surface area contributed by atoms with Crippen molar-refractivity contribution in [2.75, 3.05) is 13.7 Å². The minimum atomic E-state index is -0.381. The van der Waals surface area contributed by atoms with E-state index in [9.17, 15) is 9.59 Å². The topological polar surface area (TPSA) is 68.3 Å². The van der Waals surface area contributed by atoms with Gasteiger partial charge in [0.1, 0.15) is 3.92 Å². The third kappa shape index (κ3) is 3.76. The van der Waals surface area contributed by atoms with Crippen molar-refractivity contribution >= 4 is 34.5 Å². The largest absolute Gasteiger partial charge is 0.468 e. The number of ether oxygens (including phenoxy) is 1. The lowest BCUT2D eigenvalue weighted by molar-refractivity contribution is -0.139. The molecule has 0 aliphatic carbocycles. The molecule has 1 heterocycles. The SMILES string of the molecule is COC(=O)C(I)CNC(=O)c1ccncc1. The van der Waals surface area contributed by atoms with Gasteiger partial charge in [0, 0.05) is 24.5 Å². The van der Waals surface area contributed by atoms with Gasteiger partial charge in [-0.15, -0.1) is 0 Å². The molecule has 1 N–H and O–H groups in total. The molecular formula is C10H11IN2O3. The summed E-state index contributed by atoms with van der Waals surface area (Å²) in [4.78, 5) is 26.4. The average molecular weight is 334 g/mol. The third-order valence-corrected chi connectivity index (χ3v) is 2.79. The van der Waals surface area contributed by atoms with E-state index in [2.05, 4.69) is 15.0 Å². The molecule has 0 aliphatic heterocycles. The second-order valence-electron chi connectivity index (χ2n) is 2.94. The Bertz CT molecular complexity index is 370. The summed E-state index contributed by atoms with van der Waals surface area (Å²) in [5.74, 6) is -0.580. The predicted molar refractivity (Wildman–Crippen MR) is 66.4 cm³/mol. The van der Waals surface area contributed by atoms with Crippen LogP contribution in [-0.4, -0.2) is 34.4 Å². The second kappa shape index (κ2) is 6.41. The molecule has 1 aromatic rings. The summed E-state index contributed by atoms with van der Waals surface area (Å²) in [7, 11) is 1.32. The highest BCUT2D eigenvalue weighted by atomic mass is 127. The van der Waals surface area contributed by atoms with Crippen LogP contribution in [0.2, 0.25) is 0 Å². The number of alkyl halides is 1. The molecule has 1 atom stereocenters. The fraction of sp³-hybridized carbons (Fsp3) is 0.300. The van der Waals surface area contributed by atoms with Gasteiger partial charge in [0.05, 0.1) is 7.11 Å². The molecule has 5 nitrogen and oxygen atoms in total. The molecule has 1 rings (SSSR count). The van der Waals surface area contributed by atoms with Gasteiger partial charge in [-0.3, -0.25) is 14.6 Å². The first kappa shape index (κ1) is 12.9. The van der Waals surface area contributed by atoms with Gasteiger partial charge in [-0.2, -0.15) is 0 Å². The lowest BCUT2D eigenvalue weighted by atomic mass is 10.2. The average Bonchev–Trinajstić information content (AvgIpc) is 2.35. The summed E-state index contributed by atoms with van der Waals surface area (Å²) in [6.45, 7) is 0.244. The Morgan fingerprint density at radius 3 is 2.69 bits per heavy atom. The molecular weight excluding hydrogens is 323 g/mol. The van der Waals surface area contributed by atoms with Gasteiger partial charge in [-0.1, -0.05) is 22.6 Å². The number of halogens is 1. The van der Waals surface area contributed by atoms with Crippen LogP contribution in [-0.2, 0) is 9.53 Å². The molecule has 0 saturated carbocycles. The summed E-state index contributed by atoms with van der Waals surface area (Å²) in [6.07, 6.45) is 3.08. The molecule has 6 heteroatoms. The third-order valence-electron chi connectivity index (χ3n) is 1.84. The zero-order valence-electron chi connectivity index (χ0n) is 8.64. The van der Waals surface area contributed by atoms with Crippen molar-refractivity contribution in [3.8, 4) is 0 Å². The first-order valence-corrected chi connectivity index (χ1v) is 5.80. The molecule has 1 amide bonds. The molecule has 0 aliphatic rings. The fourth-order valence-electron chi connectivity index (χ4n) is 0.999. The molecule has 0 fully saturated rings. The van der Waals surface area contributed by atoms with Gasteiger partial charge in [0.15, 0.2) is 0 Å². The van der Waals surface area contributed by atoms with Gasteiger partial charge < -0.3 is 10.1 Å². The second-order valence-corrected chi connectivity index (χ2v) is 4.44. The number of pyridine rings is 1. The number of hydrogen-bond acceptors (Lipinski definition) is 4. The highest BCUT2D eigenvalue weighted by Crippen LogP contribution is 2.02. The van der Waals surface area contributed by atoms with Crippen molar-refractivity contribution in [1.82, 2.24) is 10.3 Å². The Morgan fingerprint density at radius 1 is 1.50 bits per heavy atom. The number of esters is 1. The van der Waals surface area contributed by atoms with E-state index in [0.717, 1.165) is 0 Å². The summed E-state index contributed by atoms with van der Waals surface area (Å²) >= 11 is 1.92. The van der Waals surface area contributed by atoms with E-state index in [1.54, 1.807) is 12.1 Å². The summed E-state index contributed by atoms with van der Waals surface area (Å²) < 4.78 is 4.16. The highest BCUT2D eigenvalue weighted by Gasteiger charge is 2.16. The number of methoxy groups -OCH3 is 1. The van der Waals surface area contributed by atoms with E-state index in [1.165, 1.54) is 19.5 Å². The number of aromatic nitrogens is 1. The Balaban J connectivity index is 2.45. The Labute approximate surface area is 107 Å². The van der Waals surface area contributed by atoms with E-state index >= 15 is 0 Å². The number of carbonyl (C=O) groups is 2. The van der Waals surface area contributed by atoms with Gasteiger partial charge >= 0.3 is 5.97 Å². The normalized spacial score (nSPS) is 11.6. The lowest BCUT2D eigenvalue weighted by Crippen LogP contribution is -2.33. The van der Waals surface area contributed by atoms with Crippen LogP contribution < -0.4 is 5.32 Å². The van der Waals surface area contributed by atoms with E-state index in [0.29, 0.717) is 5.56 Å². The molecule has 0 radical (unpaired) electrons. The Morgan fingerprint density at radius 2 is 2.12 bits per heavy atom. The van der Waals surface area contributed by atoms with Crippen molar-refractivity contribution < 1.29 is 14.3 Å². The monoisotopic (exact) mass is 334 g/mol. The maximum atomic E-state index is 11.6. The molecule has 0 bridgehead atoms. The van der Waals surface area contributed by atoms with E-state index in [1.807, 2.05) is 22.6 Å². The van der Waals surface area contributed by atoms with Gasteiger partial charge in [0.2, 0.25) is 0 Å². The number of carbonyl (C=O) groups excluding carboxylic acids is 2. The lowest BCUT2D eigenvalue weighted by Gasteiger charge is -2.08. The van der Waals surface area contributed by atoms with Crippen LogP contribution in [0.1, 0.15) is 10.4 Å². The van der Waals surface area contributed by atoms with Crippen LogP contribution in [0.3, 0.4) is 0 Å². The van der Waals surface area contributed by atoms with Crippen LogP contribution in [0, 0.1) is 0 Å². The smallest absolute Gasteiger partial charge is 0.320 e. The van der Waals surface area contributed by atoms with E-state index in [-0.39, 0.29) is 22.3 Å². The van der Waals surface area contributed by atoms with Crippen molar-refractivity contribution in [3.05, 3.63) is 30.1 Å². The first-order valence-electron chi connectivity index (χ1n) is 4.55. The molecule has 86 valence electrons. The zero-order chi connectivity index (χ0) is 12.0. The minimum Gasteiger partial charge on any atom is -0.468 e. The minimum absolute atomic E-state index is 0.229. The van der Waals surface area contributed by atoms with Crippen molar-refractivity contribution in [2.24, 2.45) is 0 Å². The predicted octanol–water partition coefficient (Wildman–Crippen LogP) is 0.788. The first-order chi connectivity index (χ1) is 7.65. The Kier molecular flexibility index (Phi) is 5.17. The van der Waals surface area contributed by atoms with Gasteiger partial charge in [-0.25, -0.2) is 0 Å². The Hall–Kier alpha value is -1.18. The summed E-state index contributed by atoms with van der Waals surface area (Å²) in [6, 6.07) is 3.21. The van der Waals surface area contributed by atoms with Crippen LogP contribution in [0.4, 0.5) is 0 Å². The van der Waals surface area contributed by atoms with Crippen LogP contribution in [0.15, 0.2) is 24.5 Å². The molecule has 16 heavy (non-hydrogen) atoms. The summed E-state index contributed by atoms with van der Waals surface area (Å²) in [5, 5.41) is 2.64. The van der Waals surface area contributed by atoms with Crippen LogP contribution in [0.25, 0.3) is 0 Å². The summed E-state index contributed by atoms with van der Waals surface area (Å²) in [5.41, 5.74) is 0.517. The van der Waals surface area contributed by atoms with Gasteiger partial charge in [0.25, 0.3) is 5.91 Å². The fourth-order valence-corrected chi connectivity index (χ4v) is 1.47. The van der Waals surface area contributed by atoms with E-state index < -0.39 is 0 Å². The zero-order valence-corrected chi connectivity index (χ0v) is 10.8. The molecule has 1 unspecified atom stereocenters. The number of rotatable bonds is 4. The molecule has 0 aromatic carbocycles. The molecule has 0 saturated heterocycles. The van der Waals surface area contributed by atoms with Crippen molar-refractivity contribution in [3.63, 3.8) is 0 Å². The van der Waals surface area contributed by atoms with Crippen molar-refractivity contribution in [1.29, 1.82) is 0 Å². The van der Waals surface area contributed by atoms with Crippen molar-refractivity contribution in [2.45, 2.75) is 3.92 Å². The molecule has 1 aromatic heterocycles. The number of nitrogens with zero attached hydrogens (tertiary/aromatic N) is 1. The number of hydrogen-bond donors (Lipinski definition) is 1. The van der Waals surface area contributed by atoms with E-state index in [4.69, 9.17) is 0 Å². The van der Waals surface area contributed by atoms with Gasteiger partial charge in [-0.05, 0) is 12.1 Å². The quantitative estimate of drug-likeness (QED) is 0.502. The van der Waals surface area contributed by atoms with Crippen LogP contribution >= 0.6 is 22.6 Å².